The van der Waals surface area contributed by atoms with Crippen LogP contribution in [0.4, 0.5) is 19.0 Å². The molecule has 0 aliphatic rings. The number of nitrogens with one attached hydrogen (secondary N) is 1. The van der Waals surface area contributed by atoms with E-state index in [1.54, 1.807) is 25.3 Å². The van der Waals surface area contributed by atoms with Gasteiger partial charge in [-0.1, -0.05) is 11.6 Å². The Morgan fingerprint density at radius 1 is 1.27 bits per heavy atom. The smallest absolute Gasteiger partial charge is 0.405 e. The van der Waals surface area contributed by atoms with Crippen LogP contribution in [0.15, 0.2) is 34.0 Å². The lowest BCUT2D eigenvalue weighted by molar-refractivity contribution is -0.143. The second-order valence-electron chi connectivity index (χ2n) is 6.23. The maximum Gasteiger partial charge on any atom is 0.405 e. The van der Waals surface area contributed by atoms with E-state index in [2.05, 4.69) is 10.3 Å². The van der Waals surface area contributed by atoms with Crippen molar-refractivity contribution in [1.29, 1.82) is 0 Å². The van der Waals surface area contributed by atoms with Crippen molar-refractivity contribution in [2.24, 2.45) is 0 Å². The molecular formula is C19H17ClF3N3O3S. The van der Waals surface area contributed by atoms with Gasteiger partial charge in [-0.05, 0) is 37.4 Å². The highest BCUT2D eigenvalue weighted by Crippen LogP contribution is 2.34. The number of alkyl halides is 3. The molecule has 1 aromatic carbocycles. The van der Waals surface area contributed by atoms with E-state index in [0.717, 1.165) is 0 Å². The summed E-state index contributed by atoms with van der Waals surface area (Å²) in [7, 11) is 0. The fourth-order valence-electron chi connectivity index (χ4n) is 3.05. The number of benzene rings is 1. The van der Waals surface area contributed by atoms with E-state index in [-0.39, 0.29) is 35.4 Å². The number of thioether (sulfide) groups is 1. The van der Waals surface area contributed by atoms with Crippen molar-refractivity contribution < 1.29 is 22.7 Å². The van der Waals surface area contributed by atoms with Gasteiger partial charge in [0.25, 0.3) is 0 Å². The van der Waals surface area contributed by atoms with Gasteiger partial charge < -0.3 is 14.6 Å². The summed E-state index contributed by atoms with van der Waals surface area (Å²) >= 11 is 7.58. The van der Waals surface area contributed by atoms with E-state index in [4.69, 9.17) is 16.3 Å². The van der Waals surface area contributed by atoms with Crippen molar-refractivity contribution in [3.63, 3.8) is 0 Å². The Kier molecular flexibility index (Phi) is 6.47. The summed E-state index contributed by atoms with van der Waals surface area (Å²) in [4.78, 5) is 30.0. The average Bonchev–Trinajstić information content (AvgIpc) is 2.68. The molecule has 11 heteroatoms. The fraction of sp³-hybridized carbons (Fsp3) is 0.316. The zero-order valence-electron chi connectivity index (χ0n) is 16.0. The molecule has 0 radical (unpaired) electrons. The van der Waals surface area contributed by atoms with Crippen LogP contribution in [-0.4, -0.2) is 41.1 Å². The van der Waals surface area contributed by atoms with E-state index in [0.29, 0.717) is 20.8 Å². The Bertz CT molecular complexity index is 1180. The first-order valence-electron chi connectivity index (χ1n) is 8.82. The van der Waals surface area contributed by atoms with Gasteiger partial charge in [-0.25, -0.2) is 4.98 Å². The molecule has 0 aliphatic heterocycles. The number of rotatable bonds is 6. The van der Waals surface area contributed by atoms with Gasteiger partial charge in [-0.15, -0.1) is 11.8 Å². The molecule has 0 saturated heterocycles. The lowest BCUT2D eigenvalue weighted by Gasteiger charge is -2.17. The van der Waals surface area contributed by atoms with Gasteiger partial charge in [-0.2, -0.15) is 13.2 Å². The van der Waals surface area contributed by atoms with Crippen LogP contribution in [0.3, 0.4) is 0 Å². The van der Waals surface area contributed by atoms with Gasteiger partial charge >= 0.3 is 12.1 Å². The third-order valence-corrected chi connectivity index (χ3v) is 5.49. The minimum absolute atomic E-state index is 0.0605. The number of hydrogen-bond acceptors (Lipinski definition) is 6. The van der Waals surface area contributed by atoms with Crippen molar-refractivity contribution in [3.8, 4) is 0 Å². The Hall–Kier alpha value is -2.46. The highest BCUT2D eigenvalue weighted by molar-refractivity contribution is 7.99. The van der Waals surface area contributed by atoms with Crippen molar-refractivity contribution >= 4 is 57.1 Å². The van der Waals surface area contributed by atoms with Crippen LogP contribution in [0.1, 0.15) is 6.92 Å². The molecule has 160 valence electrons. The molecule has 0 saturated carbocycles. The maximum atomic E-state index is 13.0. The van der Waals surface area contributed by atoms with Crippen molar-refractivity contribution in [1.82, 2.24) is 9.55 Å². The molecule has 0 atom stereocenters. The summed E-state index contributed by atoms with van der Waals surface area (Å²) in [6, 6.07) is 5.82. The van der Waals surface area contributed by atoms with Crippen LogP contribution >= 0.6 is 23.4 Å². The van der Waals surface area contributed by atoms with Gasteiger partial charge in [0, 0.05) is 5.39 Å². The quantitative estimate of drug-likeness (QED) is 0.333. The first kappa shape index (κ1) is 22.2. The molecular weight excluding hydrogens is 443 g/mol. The summed E-state index contributed by atoms with van der Waals surface area (Å²) in [6.45, 7) is 0.228. The van der Waals surface area contributed by atoms with Crippen molar-refractivity contribution in [2.75, 3.05) is 24.7 Å². The lowest BCUT2D eigenvalue weighted by atomic mass is 10.1. The third-order valence-electron chi connectivity index (χ3n) is 4.24. The highest BCUT2D eigenvalue weighted by Gasteiger charge is 2.27. The zero-order chi connectivity index (χ0) is 22.1. The molecule has 0 amide bonds. The summed E-state index contributed by atoms with van der Waals surface area (Å²) in [5.41, 5.74) is 0.0771. The third kappa shape index (κ3) is 4.49. The number of esters is 1. The summed E-state index contributed by atoms with van der Waals surface area (Å²) in [5.74, 6) is -0.657. The molecule has 0 bridgehead atoms. The number of ether oxygens (including phenoxy) is 1. The molecule has 30 heavy (non-hydrogen) atoms. The van der Waals surface area contributed by atoms with E-state index in [9.17, 15) is 22.8 Å². The molecule has 2 aromatic heterocycles. The lowest BCUT2D eigenvalue weighted by Crippen LogP contribution is -2.23. The van der Waals surface area contributed by atoms with Gasteiger partial charge in [0.05, 0.1) is 27.4 Å². The van der Waals surface area contributed by atoms with Crippen molar-refractivity contribution in [3.05, 3.63) is 39.5 Å². The molecule has 1 N–H and O–H groups in total. The number of halogens is 4. The van der Waals surface area contributed by atoms with Gasteiger partial charge in [-0.3, -0.25) is 9.59 Å². The molecule has 0 unspecified atom stereocenters. The maximum absolute atomic E-state index is 13.0. The van der Waals surface area contributed by atoms with E-state index >= 15 is 0 Å². The molecule has 6 nitrogen and oxygen atoms in total. The van der Waals surface area contributed by atoms with E-state index in [1.807, 2.05) is 0 Å². The number of aromatic nitrogens is 2. The van der Waals surface area contributed by atoms with E-state index in [1.165, 1.54) is 28.5 Å². The topological polar surface area (TPSA) is 73.2 Å². The Morgan fingerprint density at radius 3 is 2.60 bits per heavy atom. The van der Waals surface area contributed by atoms with Gasteiger partial charge in [0.2, 0.25) is 0 Å². The molecule has 0 aliphatic carbocycles. The largest absolute Gasteiger partial charge is 0.465 e. The number of anilines is 1. The van der Waals surface area contributed by atoms with Crippen molar-refractivity contribution in [2.45, 2.75) is 24.5 Å². The second kappa shape index (κ2) is 8.73. The zero-order valence-corrected chi connectivity index (χ0v) is 17.5. The summed E-state index contributed by atoms with van der Waals surface area (Å²) < 4.78 is 44.2. The predicted molar refractivity (Wildman–Crippen MR) is 111 cm³/mol. The molecule has 3 aromatic rings. The molecule has 3 rings (SSSR count). The van der Waals surface area contributed by atoms with Crippen LogP contribution in [0.25, 0.3) is 21.9 Å². The van der Waals surface area contributed by atoms with Crippen LogP contribution in [0.5, 0.6) is 0 Å². The Morgan fingerprint density at radius 2 is 1.97 bits per heavy atom. The van der Waals surface area contributed by atoms with Gasteiger partial charge in [0.15, 0.2) is 5.43 Å². The minimum atomic E-state index is -4.44. The standard InChI is InChI=1S/C19H17ClF3N3O3S/c1-3-29-14(27)8-26-15-10(4-6-12(20)17(15)30-2)16(28)11-5-7-13(25-18(11)26)24-9-19(21,22)23/h4-7H,3,8-9H2,1-2H3,(H,24,25). The number of nitrogens with zero attached hydrogens (tertiary/aromatic N) is 2. The van der Waals surface area contributed by atoms with Crippen LogP contribution in [-0.2, 0) is 16.1 Å². The first-order valence-corrected chi connectivity index (χ1v) is 10.4. The Labute approximate surface area is 178 Å². The highest BCUT2D eigenvalue weighted by atomic mass is 35.5. The SMILES string of the molecule is CCOC(=O)Cn1c2nc(NCC(F)(F)F)ccc2c(=O)c2ccc(Cl)c(SC)c21. The van der Waals surface area contributed by atoms with Crippen LogP contribution < -0.4 is 10.7 Å². The monoisotopic (exact) mass is 459 g/mol. The predicted octanol–water partition coefficient (Wildman–Crippen LogP) is 4.46. The molecule has 2 heterocycles. The number of carbonyl (C=O) groups excluding carboxylic acids is 1. The molecule has 0 spiro atoms. The summed E-state index contributed by atoms with van der Waals surface area (Å²) in [5, 5.41) is 3.05. The van der Waals surface area contributed by atoms with E-state index < -0.39 is 18.7 Å². The normalized spacial score (nSPS) is 11.8. The fourth-order valence-corrected chi connectivity index (χ4v) is 4.11. The summed E-state index contributed by atoms with van der Waals surface area (Å²) in [6.07, 6.45) is -2.68. The average molecular weight is 460 g/mol. The Balaban J connectivity index is 2.33. The van der Waals surface area contributed by atoms with Crippen LogP contribution in [0.2, 0.25) is 5.02 Å². The van der Waals surface area contributed by atoms with Crippen LogP contribution in [0, 0.1) is 0 Å². The molecule has 0 fully saturated rings. The first-order chi connectivity index (χ1) is 14.2. The number of hydrogen-bond donors (Lipinski definition) is 1. The number of carbonyl (C=O) groups is 1. The second-order valence-corrected chi connectivity index (χ2v) is 7.46. The minimum Gasteiger partial charge on any atom is -0.465 e. The number of fused-ring (bicyclic) bond motifs is 2. The van der Waals surface area contributed by atoms with Gasteiger partial charge in [0.1, 0.15) is 24.6 Å². The number of pyridine rings is 2.